The Morgan fingerprint density at radius 1 is 0.576 bits per heavy atom. The highest BCUT2D eigenvalue weighted by Crippen LogP contribution is 2.57. The minimum absolute atomic E-state index is 0.226. The molecular formula is C55H42N4. The van der Waals surface area contributed by atoms with Gasteiger partial charge >= 0.3 is 0 Å². The summed E-state index contributed by atoms with van der Waals surface area (Å²) in [5.74, 6) is 2.40. The second-order valence-corrected chi connectivity index (χ2v) is 17.3. The van der Waals surface area contributed by atoms with Gasteiger partial charge in [-0.3, -0.25) is 0 Å². The molecule has 4 nitrogen and oxygen atoms in total. The Labute approximate surface area is 344 Å². The quantitative estimate of drug-likeness (QED) is 0.179. The third-order valence-electron chi connectivity index (χ3n) is 13.2. The second kappa shape index (κ2) is 12.8. The fourth-order valence-electron chi connectivity index (χ4n) is 10.4. The van der Waals surface area contributed by atoms with Gasteiger partial charge in [0.1, 0.15) is 0 Å². The lowest BCUT2D eigenvalue weighted by Crippen LogP contribution is -2.17. The molecule has 282 valence electrons. The largest absolute Gasteiger partial charge is 0.313 e. The Morgan fingerprint density at radius 3 is 1.83 bits per heavy atom. The van der Waals surface area contributed by atoms with E-state index < -0.39 is 0 Å². The highest BCUT2D eigenvalue weighted by molar-refractivity contribution is 6.21. The van der Waals surface area contributed by atoms with Gasteiger partial charge in [-0.25, -0.2) is 15.0 Å². The van der Waals surface area contributed by atoms with E-state index in [1.54, 1.807) is 0 Å². The molecule has 12 rings (SSSR count). The van der Waals surface area contributed by atoms with Crippen LogP contribution in [0.15, 0.2) is 152 Å². The number of nitrogens with zero attached hydrogens (tertiary/aromatic N) is 4. The zero-order valence-electron chi connectivity index (χ0n) is 33.5. The van der Waals surface area contributed by atoms with Crippen LogP contribution in [-0.4, -0.2) is 19.5 Å². The third kappa shape index (κ3) is 5.19. The van der Waals surface area contributed by atoms with Crippen LogP contribution in [0.1, 0.15) is 65.4 Å². The summed E-state index contributed by atoms with van der Waals surface area (Å²) in [6, 6.07) is 52.6. The van der Waals surface area contributed by atoms with E-state index in [4.69, 9.17) is 15.0 Å². The van der Waals surface area contributed by atoms with Crippen LogP contribution < -0.4 is 0 Å². The number of rotatable bonds is 4. The minimum atomic E-state index is -0.226. The Bertz CT molecular complexity index is 3170. The number of allylic oxidation sites excluding steroid dienone is 1. The summed E-state index contributed by atoms with van der Waals surface area (Å²) in [4.78, 5) is 15.3. The van der Waals surface area contributed by atoms with Crippen molar-refractivity contribution in [3.05, 3.63) is 196 Å². The molecule has 9 aromatic rings. The van der Waals surface area contributed by atoms with Crippen LogP contribution in [0.5, 0.6) is 0 Å². The lowest BCUT2D eigenvalue weighted by Gasteiger charge is -2.26. The number of benzene rings is 7. The highest BCUT2D eigenvalue weighted by atomic mass is 15.0. The van der Waals surface area contributed by atoms with Gasteiger partial charge in [0.15, 0.2) is 17.5 Å². The third-order valence-corrected chi connectivity index (χ3v) is 13.2. The fourth-order valence-corrected chi connectivity index (χ4v) is 10.4. The smallest absolute Gasteiger partial charge is 0.164 e. The van der Waals surface area contributed by atoms with Crippen LogP contribution in [0, 0.1) is 5.92 Å². The van der Waals surface area contributed by atoms with Gasteiger partial charge in [0.2, 0.25) is 0 Å². The normalized spacial score (nSPS) is 15.7. The molecule has 0 bridgehead atoms. The zero-order chi connectivity index (χ0) is 39.4. The molecule has 0 amide bonds. The molecule has 2 heterocycles. The minimum Gasteiger partial charge on any atom is -0.313 e. The van der Waals surface area contributed by atoms with E-state index in [-0.39, 0.29) is 5.41 Å². The highest BCUT2D eigenvalue weighted by Gasteiger charge is 2.41. The van der Waals surface area contributed by atoms with E-state index in [0.29, 0.717) is 23.4 Å². The van der Waals surface area contributed by atoms with Gasteiger partial charge in [-0.05, 0) is 105 Å². The van der Waals surface area contributed by atoms with Crippen LogP contribution in [-0.2, 0) is 24.7 Å². The SMILES string of the molecule is CC1C=Cc2c(n(-c3cccc(-c4nc(-c5ccccc5)nc(-c5ccccc5)n4)c3)c3c4c(c5cc6c(cc5c23)Cc2ccccc2C6)-c2ccccc2C4(C)C)C1. The van der Waals surface area contributed by atoms with Crippen molar-refractivity contribution >= 4 is 27.8 Å². The first-order chi connectivity index (χ1) is 28.9. The van der Waals surface area contributed by atoms with Crippen LogP contribution in [0.2, 0.25) is 0 Å². The van der Waals surface area contributed by atoms with Crippen LogP contribution in [0.25, 0.3) is 78.7 Å². The standard InChI is InChI=1S/C55H42N4/c1-33-25-26-43-47(27-33)59(41-22-14-21-38(30-41)54-57-52(34-15-6-4-7-16-34)56-53(58-54)35-17-8-5-9-18-35)51-49(43)45-32-40-29-37-20-11-10-19-36(37)28-39(40)31-44(45)48-42-23-12-13-24-46(42)55(2,3)50(48)51/h4-26,30-33H,27-29H2,1-3H3. The predicted octanol–water partition coefficient (Wildman–Crippen LogP) is 13.0. The first kappa shape index (κ1) is 34.2. The van der Waals surface area contributed by atoms with Crippen molar-refractivity contribution in [3.63, 3.8) is 0 Å². The lowest BCUT2D eigenvalue weighted by molar-refractivity contribution is 0.660. The van der Waals surface area contributed by atoms with Gasteiger partial charge in [-0.2, -0.15) is 0 Å². The molecule has 3 aliphatic rings. The molecule has 0 N–H and O–H groups in total. The zero-order valence-corrected chi connectivity index (χ0v) is 33.5. The molecular weight excluding hydrogens is 717 g/mol. The first-order valence-electron chi connectivity index (χ1n) is 20.9. The topological polar surface area (TPSA) is 43.6 Å². The molecule has 1 atom stereocenters. The summed E-state index contributed by atoms with van der Waals surface area (Å²) in [6.07, 6.45) is 7.72. The van der Waals surface area contributed by atoms with Crippen molar-refractivity contribution < 1.29 is 0 Å². The number of hydrogen-bond donors (Lipinski definition) is 0. The number of aromatic nitrogens is 4. The summed E-state index contributed by atoms with van der Waals surface area (Å²) >= 11 is 0. The molecule has 3 aliphatic carbocycles. The van der Waals surface area contributed by atoms with E-state index in [0.717, 1.165) is 41.6 Å². The summed E-state index contributed by atoms with van der Waals surface area (Å²) in [6.45, 7) is 7.21. The molecule has 0 saturated heterocycles. The Hall–Kier alpha value is -6.91. The number of hydrogen-bond acceptors (Lipinski definition) is 3. The molecule has 59 heavy (non-hydrogen) atoms. The van der Waals surface area contributed by atoms with Crippen LogP contribution in [0.3, 0.4) is 0 Å². The predicted molar refractivity (Wildman–Crippen MR) is 242 cm³/mol. The molecule has 2 aromatic heterocycles. The van der Waals surface area contributed by atoms with Crippen molar-refractivity contribution in [1.82, 2.24) is 19.5 Å². The van der Waals surface area contributed by atoms with Crippen molar-refractivity contribution in [2.45, 2.75) is 45.4 Å². The van der Waals surface area contributed by atoms with Gasteiger partial charge in [0, 0.05) is 44.4 Å². The monoisotopic (exact) mass is 758 g/mol. The van der Waals surface area contributed by atoms with Gasteiger partial charge in [0.25, 0.3) is 0 Å². The molecule has 0 spiro atoms. The Morgan fingerprint density at radius 2 is 1.15 bits per heavy atom. The summed E-state index contributed by atoms with van der Waals surface area (Å²) in [5.41, 5.74) is 19.1. The van der Waals surface area contributed by atoms with Crippen molar-refractivity contribution in [1.29, 1.82) is 0 Å². The van der Waals surface area contributed by atoms with Gasteiger partial charge < -0.3 is 4.57 Å². The summed E-state index contributed by atoms with van der Waals surface area (Å²) < 4.78 is 2.62. The molecule has 0 radical (unpaired) electrons. The molecule has 0 fully saturated rings. The summed E-state index contributed by atoms with van der Waals surface area (Å²) in [7, 11) is 0. The first-order valence-corrected chi connectivity index (χ1v) is 20.9. The van der Waals surface area contributed by atoms with Gasteiger partial charge in [0.05, 0.1) is 5.52 Å². The average molecular weight is 759 g/mol. The molecule has 0 saturated carbocycles. The van der Waals surface area contributed by atoms with E-state index in [2.05, 4.69) is 147 Å². The average Bonchev–Trinajstić information content (AvgIpc) is 3.73. The van der Waals surface area contributed by atoms with E-state index >= 15 is 0 Å². The van der Waals surface area contributed by atoms with E-state index in [1.165, 1.54) is 77.4 Å². The molecule has 7 aromatic carbocycles. The molecule has 0 aliphatic heterocycles. The molecule has 1 unspecified atom stereocenters. The second-order valence-electron chi connectivity index (χ2n) is 17.3. The van der Waals surface area contributed by atoms with E-state index in [1.807, 2.05) is 36.4 Å². The maximum atomic E-state index is 5.15. The fraction of sp³-hybridized carbons (Fsp3) is 0.145. The van der Waals surface area contributed by atoms with Crippen molar-refractivity contribution in [2.24, 2.45) is 5.92 Å². The Kier molecular flexibility index (Phi) is 7.41. The summed E-state index contributed by atoms with van der Waals surface area (Å²) in [5, 5.41) is 4.09. The lowest BCUT2D eigenvalue weighted by atomic mass is 9.79. The Balaban J connectivity index is 1.15. The molecule has 4 heteroatoms. The van der Waals surface area contributed by atoms with Gasteiger partial charge in [-0.15, -0.1) is 0 Å². The van der Waals surface area contributed by atoms with Crippen LogP contribution >= 0.6 is 0 Å². The van der Waals surface area contributed by atoms with E-state index in [9.17, 15) is 0 Å². The van der Waals surface area contributed by atoms with Crippen molar-refractivity contribution in [3.8, 4) is 51.0 Å². The van der Waals surface area contributed by atoms with Crippen molar-refractivity contribution in [2.75, 3.05) is 0 Å². The van der Waals surface area contributed by atoms with Crippen LogP contribution in [0.4, 0.5) is 0 Å². The number of fused-ring (bicyclic) bond motifs is 12. The van der Waals surface area contributed by atoms with Gasteiger partial charge in [-0.1, -0.05) is 154 Å². The maximum Gasteiger partial charge on any atom is 0.164 e. The maximum absolute atomic E-state index is 5.15.